The van der Waals surface area contributed by atoms with Crippen LogP contribution in [-0.2, 0) is 0 Å². The molecule has 2 aromatic heterocycles. The summed E-state index contributed by atoms with van der Waals surface area (Å²) >= 11 is 0. The fraction of sp³-hybridized carbons (Fsp3) is 0.0556. The van der Waals surface area contributed by atoms with E-state index in [1.54, 1.807) is 0 Å². The van der Waals surface area contributed by atoms with E-state index in [1.165, 1.54) is 0 Å². The van der Waals surface area contributed by atoms with Crippen LogP contribution in [0.2, 0.25) is 0 Å². The van der Waals surface area contributed by atoms with Gasteiger partial charge in [-0.3, -0.25) is 0 Å². The molecule has 102 valence electrons. The van der Waals surface area contributed by atoms with Gasteiger partial charge in [0.15, 0.2) is 5.58 Å². The molecule has 2 aromatic carbocycles. The lowest BCUT2D eigenvalue weighted by molar-refractivity contribution is 0.619. The number of benzene rings is 2. The van der Waals surface area contributed by atoms with E-state index in [1.807, 2.05) is 60.9 Å². The molecule has 0 atom stereocenters. The highest BCUT2D eigenvalue weighted by Gasteiger charge is 2.10. The molecule has 0 spiro atoms. The first-order valence-corrected chi connectivity index (χ1v) is 6.91. The molecule has 0 aliphatic heterocycles. The molecule has 0 unspecified atom stereocenters. The molecule has 21 heavy (non-hydrogen) atoms. The average Bonchev–Trinajstić information content (AvgIpc) is 3.16. The highest BCUT2D eigenvalue weighted by atomic mass is 16.3. The number of hydrogen-bond acceptors (Lipinski definition) is 2. The van der Waals surface area contributed by atoms with Crippen molar-refractivity contribution in [3.05, 3.63) is 72.6 Å². The molecule has 0 amide bonds. The molecule has 0 saturated heterocycles. The van der Waals surface area contributed by atoms with E-state index in [-0.39, 0.29) is 0 Å². The minimum absolute atomic E-state index is 0.674. The third-order valence-corrected chi connectivity index (χ3v) is 3.65. The zero-order valence-electron chi connectivity index (χ0n) is 11.7. The van der Waals surface area contributed by atoms with Gasteiger partial charge in [0.1, 0.15) is 5.52 Å². The van der Waals surface area contributed by atoms with Gasteiger partial charge in [-0.2, -0.15) is 0 Å². The van der Waals surface area contributed by atoms with Crippen LogP contribution in [0, 0.1) is 6.92 Å². The molecule has 0 N–H and O–H groups in total. The first kappa shape index (κ1) is 12.0. The standard InChI is InChI=1S/C18H14N2O/c1-13-6-2-3-7-15(13)18-19-16-9-8-14(12-17(16)21-18)20-10-4-5-11-20/h2-12H,1H3. The lowest BCUT2D eigenvalue weighted by atomic mass is 10.1. The number of aromatic nitrogens is 2. The summed E-state index contributed by atoms with van der Waals surface area (Å²) in [5.41, 5.74) is 4.95. The maximum Gasteiger partial charge on any atom is 0.227 e. The molecule has 0 aliphatic rings. The van der Waals surface area contributed by atoms with Gasteiger partial charge in [-0.25, -0.2) is 4.98 Å². The van der Waals surface area contributed by atoms with Crippen LogP contribution < -0.4 is 0 Å². The van der Waals surface area contributed by atoms with Crippen LogP contribution in [0.25, 0.3) is 28.2 Å². The summed E-state index contributed by atoms with van der Waals surface area (Å²) in [4.78, 5) is 4.59. The zero-order valence-corrected chi connectivity index (χ0v) is 11.7. The Labute approximate surface area is 122 Å². The van der Waals surface area contributed by atoms with Gasteiger partial charge >= 0.3 is 0 Å². The van der Waals surface area contributed by atoms with E-state index < -0.39 is 0 Å². The molecule has 0 bridgehead atoms. The fourth-order valence-corrected chi connectivity index (χ4v) is 2.51. The molecule has 3 nitrogen and oxygen atoms in total. The van der Waals surface area contributed by atoms with Crippen molar-refractivity contribution in [1.29, 1.82) is 0 Å². The summed E-state index contributed by atoms with van der Waals surface area (Å²) in [6, 6.07) is 18.2. The fourth-order valence-electron chi connectivity index (χ4n) is 2.51. The Kier molecular flexibility index (Phi) is 2.64. The Morgan fingerprint density at radius 1 is 0.952 bits per heavy atom. The van der Waals surface area contributed by atoms with E-state index in [4.69, 9.17) is 4.42 Å². The summed E-state index contributed by atoms with van der Waals surface area (Å²) in [6.45, 7) is 2.06. The number of fused-ring (bicyclic) bond motifs is 1. The van der Waals surface area contributed by atoms with Crippen molar-refractivity contribution < 1.29 is 4.42 Å². The lowest BCUT2D eigenvalue weighted by Crippen LogP contribution is -1.87. The van der Waals surface area contributed by atoms with Crippen molar-refractivity contribution in [2.75, 3.05) is 0 Å². The molecule has 4 rings (SSSR count). The number of hydrogen-bond donors (Lipinski definition) is 0. The second kappa shape index (κ2) is 4.63. The summed E-state index contributed by atoms with van der Waals surface area (Å²) in [5.74, 6) is 0.674. The van der Waals surface area contributed by atoms with Gasteiger partial charge in [0.25, 0.3) is 0 Å². The van der Waals surface area contributed by atoms with Crippen molar-refractivity contribution in [3.63, 3.8) is 0 Å². The number of rotatable bonds is 2. The molecule has 2 heterocycles. The molecule has 0 aliphatic carbocycles. The molecular weight excluding hydrogens is 260 g/mol. The van der Waals surface area contributed by atoms with E-state index in [9.17, 15) is 0 Å². The number of aryl methyl sites for hydroxylation is 1. The third-order valence-electron chi connectivity index (χ3n) is 3.65. The second-order valence-corrected chi connectivity index (χ2v) is 5.08. The van der Waals surface area contributed by atoms with Gasteiger partial charge in [0.05, 0.1) is 0 Å². The van der Waals surface area contributed by atoms with Crippen molar-refractivity contribution in [2.45, 2.75) is 6.92 Å². The Hall–Kier alpha value is -2.81. The first-order valence-electron chi connectivity index (χ1n) is 6.91. The van der Waals surface area contributed by atoms with Crippen LogP contribution in [0.1, 0.15) is 5.56 Å². The minimum atomic E-state index is 0.674. The highest BCUT2D eigenvalue weighted by Crippen LogP contribution is 2.27. The smallest absolute Gasteiger partial charge is 0.227 e. The van der Waals surface area contributed by atoms with Crippen LogP contribution in [-0.4, -0.2) is 9.55 Å². The first-order chi connectivity index (χ1) is 10.3. The Morgan fingerprint density at radius 3 is 2.57 bits per heavy atom. The normalized spacial score (nSPS) is 11.1. The predicted molar refractivity (Wildman–Crippen MR) is 83.5 cm³/mol. The maximum absolute atomic E-state index is 5.95. The van der Waals surface area contributed by atoms with E-state index >= 15 is 0 Å². The van der Waals surface area contributed by atoms with E-state index in [0.717, 1.165) is 27.9 Å². The summed E-state index contributed by atoms with van der Waals surface area (Å²) in [7, 11) is 0. The van der Waals surface area contributed by atoms with Crippen LogP contribution in [0.4, 0.5) is 0 Å². The molecule has 3 heteroatoms. The van der Waals surface area contributed by atoms with Crippen LogP contribution in [0.15, 0.2) is 71.4 Å². The van der Waals surface area contributed by atoms with Gasteiger partial charge < -0.3 is 8.98 Å². The summed E-state index contributed by atoms with van der Waals surface area (Å²) < 4.78 is 8.00. The molecule has 0 fully saturated rings. The molecule has 0 radical (unpaired) electrons. The molecule has 0 saturated carbocycles. The van der Waals surface area contributed by atoms with Crippen LogP contribution in [0.3, 0.4) is 0 Å². The Balaban J connectivity index is 1.85. The van der Waals surface area contributed by atoms with Crippen LogP contribution in [0.5, 0.6) is 0 Å². The SMILES string of the molecule is Cc1ccccc1-c1nc2ccc(-n3cccc3)cc2o1. The average molecular weight is 274 g/mol. The summed E-state index contributed by atoms with van der Waals surface area (Å²) in [5, 5.41) is 0. The molecular formula is C18H14N2O. The topological polar surface area (TPSA) is 31.0 Å². The Bertz CT molecular complexity index is 904. The largest absolute Gasteiger partial charge is 0.436 e. The molecule has 4 aromatic rings. The van der Waals surface area contributed by atoms with E-state index in [0.29, 0.717) is 5.89 Å². The lowest BCUT2D eigenvalue weighted by Gasteiger charge is -2.01. The van der Waals surface area contributed by atoms with Crippen LogP contribution >= 0.6 is 0 Å². The number of nitrogens with zero attached hydrogens (tertiary/aromatic N) is 2. The van der Waals surface area contributed by atoms with Gasteiger partial charge in [-0.15, -0.1) is 0 Å². The van der Waals surface area contributed by atoms with Gasteiger partial charge in [-0.1, -0.05) is 18.2 Å². The zero-order chi connectivity index (χ0) is 14.2. The van der Waals surface area contributed by atoms with Gasteiger partial charge in [0.2, 0.25) is 5.89 Å². The highest BCUT2D eigenvalue weighted by molar-refractivity contribution is 5.78. The second-order valence-electron chi connectivity index (χ2n) is 5.08. The monoisotopic (exact) mass is 274 g/mol. The van der Waals surface area contributed by atoms with Crippen molar-refractivity contribution in [1.82, 2.24) is 9.55 Å². The minimum Gasteiger partial charge on any atom is -0.436 e. The van der Waals surface area contributed by atoms with Crippen molar-refractivity contribution in [2.24, 2.45) is 0 Å². The summed E-state index contributed by atoms with van der Waals surface area (Å²) in [6.07, 6.45) is 4.03. The maximum atomic E-state index is 5.95. The predicted octanol–water partition coefficient (Wildman–Crippen LogP) is 4.59. The quantitative estimate of drug-likeness (QED) is 0.535. The van der Waals surface area contributed by atoms with Crippen molar-refractivity contribution in [3.8, 4) is 17.1 Å². The van der Waals surface area contributed by atoms with E-state index in [2.05, 4.69) is 22.5 Å². The Morgan fingerprint density at radius 2 is 1.76 bits per heavy atom. The van der Waals surface area contributed by atoms with Gasteiger partial charge in [-0.05, 0) is 42.8 Å². The van der Waals surface area contributed by atoms with Crippen molar-refractivity contribution >= 4 is 11.1 Å². The number of oxazole rings is 1. The third kappa shape index (κ3) is 2.03. The van der Waals surface area contributed by atoms with Gasteiger partial charge in [0, 0.05) is 29.7 Å².